The van der Waals surface area contributed by atoms with E-state index in [2.05, 4.69) is 10.3 Å². The molecular weight excluding hydrogens is 648 g/mol. The Bertz CT molecular complexity index is 2450. The molecule has 7 aromatic rings. The number of nitrogens with zero attached hydrogens (tertiary/aromatic N) is 8. The molecule has 250 valence electrons. The van der Waals surface area contributed by atoms with Gasteiger partial charge in [-0.15, -0.1) is 10.3 Å². The third-order valence-corrected chi connectivity index (χ3v) is 8.13. The van der Waals surface area contributed by atoms with Crippen molar-refractivity contribution in [2.75, 3.05) is 29.5 Å². The van der Waals surface area contributed by atoms with Crippen LogP contribution in [0.3, 0.4) is 0 Å². The third-order valence-electron chi connectivity index (χ3n) is 8.13. The molecule has 50 heavy (non-hydrogen) atoms. The molecule has 1 aliphatic rings. The second-order valence-electron chi connectivity index (χ2n) is 11.0. The summed E-state index contributed by atoms with van der Waals surface area (Å²) in [5.41, 5.74) is 0.962. The van der Waals surface area contributed by atoms with Crippen molar-refractivity contribution >= 4 is 66.7 Å². The van der Waals surface area contributed by atoms with Gasteiger partial charge in [-0.1, -0.05) is 65.5 Å². The molecule has 2 heterocycles. The van der Waals surface area contributed by atoms with Crippen LogP contribution in [0.4, 0.5) is 34.1 Å². The monoisotopic (exact) mass is 674 g/mol. The number of anilines is 4. The van der Waals surface area contributed by atoms with Crippen molar-refractivity contribution in [2.45, 2.75) is 0 Å². The van der Waals surface area contributed by atoms with Crippen LogP contribution in [0.1, 0.15) is 0 Å². The zero-order chi connectivity index (χ0) is 35.1. The molecule has 0 aliphatic carbocycles. The minimum atomic E-state index is -0.722. The van der Waals surface area contributed by atoms with Crippen molar-refractivity contribution < 1.29 is 29.7 Å². The van der Waals surface area contributed by atoms with E-state index in [1.807, 2.05) is 72.8 Å². The summed E-state index contributed by atoms with van der Waals surface area (Å²) in [6, 6.07) is 31.6. The Morgan fingerprint density at radius 1 is 0.680 bits per heavy atom. The fourth-order valence-electron chi connectivity index (χ4n) is 5.79. The molecule has 1 aliphatic heterocycles. The summed E-state index contributed by atoms with van der Waals surface area (Å²) in [5.74, 6) is 1.08. The molecule has 0 saturated heterocycles. The molecule has 0 unspecified atom stereocenters. The van der Waals surface area contributed by atoms with Crippen molar-refractivity contribution in [3.8, 4) is 11.5 Å². The van der Waals surface area contributed by atoms with Crippen LogP contribution in [0.2, 0.25) is 0 Å². The van der Waals surface area contributed by atoms with E-state index in [1.165, 1.54) is 24.3 Å². The topological polar surface area (TPSA) is 186 Å². The van der Waals surface area contributed by atoms with Gasteiger partial charge < -0.3 is 14.7 Å². The summed E-state index contributed by atoms with van der Waals surface area (Å²) < 4.78 is 10.1. The van der Waals surface area contributed by atoms with Crippen LogP contribution in [0.15, 0.2) is 109 Å². The second kappa shape index (κ2) is 12.4. The van der Waals surface area contributed by atoms with Crippen LogP contribution in [-0.2, 0) is 0 Å². The normalized spacial score (nSPS) is 12.2. The Morgan fingerprint density at radius 2 is 1.26 bits per heavy atom. The Hall–Kier alpha value is -7.20. The van der Waals surface area contributed by atoms with Crippen LogP contribution >= 0.6 is 0 Å². The van der Waals surface area contributed by atoms with Gasteiger partial charge in [0, 0.05) is 18.2 Å². The maximum absolute atomic E-state index is 12.1. The average Bonchev–Trinajstić information content (AvgIpc) is 3.65. The first-order valence-corrected chi connectivity index (χ1v) is 14.9. The van der Waals surface area contributed by atoms with Gasteiger partial charge in [-0.05, 0) is 51.0 Å². The standard InChI is InChI=1S/C26H17N5O5.C8H9N3O3/c32-29-24-15-23(30(33)34)16-25(31(35)36)26(24)27(21-11-9-17-5-1-3-7-19(17)13-21)28(29)22-12-10-18-6-2-4-8-20(18)14-22;1-13-7-3-5-6(4-8(7)14-2)11(12)10-9-5/h1-16,32H;3-4,12H,1-2H3. The van der Waals surface area contributed by atoms with E-state index in [4.69, 9.17) is 9.47 Å². The number of rotatable bonds is 6. The largest absolute Gasteiger partial charge is 0.493 e. The Kier molecular flexibility index (Phi) is 7.81. The number of nitro benzene ring substituents is 2. The van der Waals surface area contributed by atoms with Gasteiger partial charge in [0.05, 0.1) is 41.5 Å². The van der Waals surface area contributed by atoms with E-state index in [-0.39, 0.29) is 11.4 Å². The van der Waals surface area contributed by atoms with Crippen molar-refractivity contribution in [1.82, 2.24) is 15.2 Å². The Morgan fingerprint density at radius 3 is 1.86 bits per heavy atom. The van der Waals surface area contributed by atoms with Gasteiger partial charge in [-0.25, -0.2) is 5.01 Å². The maximum atomic E-state index is 12.1. The first-order valence-electron chi connectivity index (χ1n) is 14.9. The van der Waals surface area contributed by atoms with Crippen LogP contribution < -0.4 is 24.8 Å². The molecule has 0 saturated carbocycles. The number of aromatic nitrogens is 3. The van der Waals surface area contributed by atoms with E-state index in [1.54, 1.807) is 24.3 Å². The summed E-state index contributed by atoms with van der Waals surface area (Å²) in [4.78, 5) is 22.9. The van der Waals surface area contributed by atoms with Gasteiger partial charge in [0.2, 0.25) is 0 Å². The minimum Gasteiger partial charge on any atom is -0.493 e. The molecule has 0 amide bonds. The smallest absolute Gasteiger partial charge is 0.304 e. The number of hydrogen-bond donors (Lipinski definition) is 2. The van der Waals surface area contributed by atoms with E-state index >= 15 is 0 Å². The predicted octanol–water partition coefficient (Wildman–Crippen LogP) is 7.18. The summed E-state index contributed by atoms with van der Waals surface area (Å²) >= 11 is 0. The van der Waals surface area contributed by atoms with Crippen LogP contribution in [0.25, 0.3) is 32.6 Å². The number of hydrogen-bond acceptors (Lipinski definition) is 13. The van der Waals surface area contributed by atoms with E-state index in [0.717, 1.165) is 33.7 Å². The number of ether oxygens (including phenoxy) is 2. The van der Waals surface area contributed by atoms with E-state index in [0.29, 0.717) is 43.9 Å². The number of non-ortho nitro benzene ring substituents is 1. The molecule has 2 N–H and O–H groups in total. The summed E-state index contributed by atoms with van der Waals surface area (Å²) in [6.45, 7) is 0. The number of nitro groups is 2. The van der Waals surface area contributed by atoms with E-state index in [9.17, 15) is 30.6 Å². The van der Waals surface area contributed by atoms with Gasteiger partial charge in [0.15, 0.2) is 17.2 Å². The number of hydrazine groups is 2. The Balaban J connectivity index is 0.000000234. The van der Waals surface area contributed by atoms with Gasteiger partial charge in [-0.2, -0.15) is 5.12 Å². The molecule has 6 aromatic carbocycles. The molecule has 0 fully saturated rings. The third kappa shape index (κ3) is 5.36. The van der Waals surface area contributed by atoms with Gasteiger partial charge in [-0.3, -0.25) is 25.4 Å². The quantitative estimate of drug-likeness (QED) is 0.103. The van der Waals surface area contributed by atoms with Crippen LogP contribution in [0, 0.1) is 20.2 Å². The molecule has 0 bridgehead atoms. The summed E-state index contributed by atoms with van der Waals surface area (Å²) in [7, 11) is 3.06. The summed E-state index contributed by atoms with van der Waals surface area (Å²) in [6.07, 6.45) is 0. The zero-order valence-electron chi connectivity index (χ0n) is 26.3. The molecule has 0 spiro atoms. The van der Waals surface area contributed by atoms with Crippen molar-refractivity contribution in [2.24, 2.45) is 0 Å². The maximum Gasteiger partial charge on any atom is 0.304 e. The molecule has 16 heteroatoms. The number of benzene rings is 6. The van der Waals surface area contributed by atoms with Crippen molar-refractivity contribution in [1.29, 1.82) is 0 Å². The highest BCUT2D eigenvalue weighted by molar-refractivity contribution is 5.97. The molecular formula is C34H26N8O8. The number of fused-ring (bicyclic) bond motifs is 4. The lowest BCUT2D eigenvalue weighted by Crippen LogP contribution is -2.45. The lowest BCUT2D eigenvalue weighted by Gasteiger charge is -2.33. The highest BCUT2D eigenvalue weighted by atomic mass is 16.6. The van der Waals surface area contributed by atoms with Gasteiger partial charge >= 0.3 is 5.69 Å². The first kappa shape index (κ1) is 31.4. The molecule has 1 aromatic heterocycles. The van der Waals surface area contributed by atoms with Crippen molar-refractivity contribution in [3.05, 3.63) is 129 Å². The van der Waals surface area contributed by atoms with Crippen LogP contribution in [0.5, 0.6) is 11.5 Å². The van der Waals surface area contributed by atoms with Gasteiger partial charge in [0.1, 0.15) is 16.7 Å². The predicted molar refractivity (Wildman–Crippen MR) is 184 cm³/mol. The molecule has 8 rings (SSSR count). The number of methoxy groups -OCH3 is 2. The first-order chi connectivity index (χ1) is 24.2. The lowest BCUT2D eigenvalue weighted by atomic mass is 10.1. The van der Waals surface area contributed by atoms with E-state index < -0.39 is 21.2 Å². The fourth-order valence-corrected chi connectivity index (χ4v) is 5.79. The molecule has 16 nitrogen and oxygen atoms in total. The Labute approximate surface area is 281 Å². The highest BCUT2D eigenvalue weighted by Gasteiger charge is 2.43. The van der Waals surface area contributed by atoms with Crippen LogP contribution in [-0.4, -0.2) is 49.6 Å². The fraction of sp³-hybridized carbons (Fsp3) is 0.0588. The highest BCUT2D eigenvalue weighted by Crippen LogP contribution is 2.51. The SMILES string of the molecule is COc1cc2nnn(O)c2cc1OC.O=[N+]([O-])c1cc2c(c([N+](=O)[O-])c1)N(c1ccc3ccccc3c1)N(c1ccc3ccccc3c1)N2O. The summed E-state index contributed by atoms with van der Waals surface area (Å²) in [5, 5.41) is 58.6. The average molecular weight is 675 g/mol. The van der Waals surface area contributed by atoms with Gasteiger partial charge in [0.25, 0.3) is 5.69 Å². The zero-order valence-corrected chi connectivity index (χ0v) is 26.3. The lowest BCUT2D eigenvalue weighted by molar-refractivity contribution is -0.393. The van der Waals surface area contributed by atoms with Crippen molar-refractivity contribution in [3.63, 3.8) is 0 Å². The second-order valence-corrected chi connectivity index (χ2v) is 11.0. The molecule has 0 atom stereocenters. The molecule has 0 radical (unpaired) electrons. The minimum absolute atomic E-state index is 0.0107.